The van der Waals surface area contributed by atoms with Gasteiger partial charge in [0.05, 0.1) is 6.54 Å². The van der Waals surface area contributed by atoms with Gasteiger partial charge in [0, 0.05) is 6.04 Å². The zero-order valence-corrected chi connectivity index (χ0v) is 10.2. The van der Waals surface area contributed by atoms with Crippen LogP contribution in [0.4, 0.5) is 0 Å². The smallest absolute Gasteiger partial charge is 0.294 e. The Hall–Kier alpha value is -0.680. The second-order valence-electron chi connectivity index (χ2n) is 4.83. The summed E-state index contributed by atoms with van der Waals surface area (Å²) in [5, 5.41) is 13.2. The highest BCUT2D eigenvalue weighted by Gasteiger charge is 2.21. The minimum Gasteiger partial charge on any atom is -0.463 e. The van der Waals surface area contributed by atoms with Crippen molar-refractivity contribution in [1.82, 2.24) is 15.5 Å². The largest absolute Gasteiger partial charge is 0.463 e. The predicted octanol–water partition coefficient (Wildman–Crippen LogP) is 1.97. The van der Waals surface area contributed by atoms with Gasteiger partial charge in [0.25, 0.3) is 5.19 Å². The molecule has 5 heteroatoms. The van der Waals surface area contributed by atoms with Gasteiger partial charge >= 0.3 is 0 Å². The van der Waals surface area contributed by atoms with E-state index < -0.39 is 0 Å². The zero-order chi connectivity index (χ0) is 10.9. The third kappa shape index (κ3) is 3.76. The van der Waals surface area contributed by atoms with Gasteiger partial charge < -0.3 is 10.1 Å². The van der Waals surface area contributed by atoms with E-state index in [2.05, 4.69) is 15.5 Å². The Labute approximate surface area is 94.1 Å². The minimum atomic E-state index is -0.194. The van der Waals surface area contributed by atoms with Gasteiger partial charge in [0.15, 0.2) is 0 Å². The molecule has 1 aliphatic carbocycles. The van der Waals surface area contributed by atoms with Crippen LogP contribution in [0.5, 0.6) is 5.19 Å². The second kappa shape index (κ2) is 4.06. The van der Waals surface area contributed by atoms with E-state index in [0.29, 0.717) is 11.2 Å². The lowest BCUT2D eigenvalue weighted by Gasteiger charge is -2.17. The molecule has 15 heavy (non-hydrogen) atoms. The molecular formula is C10H17N3OS. The number of aromatic nitrogens is 2. The number of hydrogen-bond donors (Lipinski definition) is 1. The van der Waals surface area contributed by atoms with Crippen molar-refractivity contribution in [2.45, 2.75) is 51.8 Å². The van der Waals surface area contributed by atoms with E-state index in [1.165, 1.54) is 24.2 Å². The Morgan fingerprint density at radius 2 is 2.13 bits per heavy atom. The maximum Gasteiger partial charge on any atom is 0.294 e. The number of nitrogens with zero attached hydrogens (tertiary/aromatic N) is 2. The minimum absolute atomic E-state index is 0.194. The van der Waals surface area contributed by atoms with Crippen molar-refractivity contribution in [2.75, 3.05) is 0 Å². The molecule has 0 amide bonds. The third-order valence-corrected chi connectivity index (χ3v) is 2.76. The van der Waals surface area contributed by atoms with Gasteiger partial charge in [-0.3, -0.25) is 0 Å². The Bertz CT molecular complexity index is 328. The summed E-state index contributed by atoms with van der Waals surface area (Å²) in [4.78, 5) is 0. The first kappa shape index (κ1) is 10.8. The molecule has 1 heterocycles. The average Bonchev–Trinajstić information content (AvgIpc) is 2.83. The summed E-state index contributed by atoms with van der Waals surface area (Å²) >= 11 is 1.52. The molecule has 1 aromatic rings. The molecule has 0 aromatic carbocycles. The van der Waals surface area contributed by atoms with Crippen molar-refractivity contribution in [3.8, 4) is 5.19 Å². The maximum absolute atomic E-state index is 5.62. The fourth-order valence-electron chi connectivity index (χ4n) is 1.13. The standard InChI is InChI=1S/C10H17N3OS/c1-10(2,3)14-9-13-12-8(15-9)6-11-7-4-5-7/h7,11H,4-6H2,1-3H3. The molecule has 84 valence electrons. The van der Waals surface area contributed by atoms with E-state index in [4.69, 9.17) is 4.74 Å². The lowest BCUT2D eigenvalue weighted by molar-refractivity contribution is 0.129. The van der Waals surface area contributed by atoms with E-state index in [-0.39, 0.29) is 5.60 Å². The van der Waals surface area contributed by atoms with Crippen LogP contribution >= 0.6 is 11.3 Å². The van der Waals surface area contributed by atoms with Gasteiger partial charge in [-0.2, -0.15) is 0 Å². The van der Waals surface area contributed by atoms with Gasteiger partial charge in [0.2, 0.25) is 0 Å². The molecule has 0 spiro atoms. The van der Waals surface area contributed by atoms with Crippen LogP contribution in [0, 0.1) is 0 Å². The quantitative estimate of drug-likeness (QED) is 0.854. The molecule has 1 saturated carbocycles. The highest BCUT2D eigenvalue weighted by atomic mass is 32.1. The summed E-state index contributed by atoms with van der Waals surface area (Å²) < 4.78 is 5.62. The van der Waals surface area contributed by atoms with Crippen LogP contribution in [-0.2, 0) is 6.54 Å². The molecule has 0 bridgehead atoms. The molecule has 1 N–H and O–H groups in total. The normalized spacial score (nSPS) is 16.7. The molecule has 1 aromatic heterocycles. The Morgan fingerprint density at radius 3 is 2.73 bits per heavy atom. The first-order valence-electron chi connectivity index (χ1n) is 5.28. The predicted molar refractivity (Wildman–Crippen MR) is 60.2 cm³/mol. The molecule has 0 radical (unpaired) electrons. The lowest BCUT2D eigenvalue weighted by atomic mass is 10.2. The maximum atomic E-state index is 5.62. The summed E-state index contributed by atoms with van der Waals surface area (Å²) in [5.74, 6) is 0. The van der Waals surface area contributed by atoms with Crippen molar-refractivity contribution < 1.29 is 4.74 Å². The Morgan fingerprint density at radius 1 is 1.40 bits per heavy atom. The molecule has 1 fully saturated rings. The summed E-state index contributed by atoms with van der Waals surface area (Å²) in [6, 6.07) is 0.709. The van der Waals surface area contributed by atoms with Crippen LogP contribution in [0.1, 0.15) is 38.6 Å². The van der Waals surface area contributed by atoms with E-state index >= 15 is 0 Å². The summed E-state index contributed by atoms with van der Waals surface area (Å²) in [5.41, 5.74) is -0.194. The molecule has 2 rings (SSSR count). The van der Waals surface area contributed by atoms with E-state index in [0.717, 1.165) is 11.6 Å². The molecule has 0 unspecified atom stereocenters. The van der Waals surface area contributed by atoms with Crippen molar-refractivity contribution in [2.24, 2.45) is 0 Å². The first-order chi connectivity index (χ1) is 7.03. The number of nitrogens with one attached hydrogen (secondary N) is 1. The number of rotatable bonds is 4. The van der Waals surface area contributed by atoms with Crippen molar-refractivity contribution in [3.63, 3.8) is 0 Å². The van der Waals surface area contributed by atoms with Crippen LogP contribution in [0.3, 0.4) is 0 Å². The summed E-state index contributed by atoms with van der Waals surface area (Å²) in [6.07, 6.45) is 2.59. The number of hydrogen-bond acceptors (Lipinski definition) is 5. The molecular weight excluding hydrogens is 210 g/mol. The lowest BCUT2D eigenvalue weighted by Crippen LogP contribution is -2.22. The van der Waals surface area contributed by atoms with Crippen LogP contribution < -0.4 is 10.1 Å². The van der Waals surface area contributed by atoms with Crippen LogP contribution in [0.2, 0.25) is 0 Å². The fraction of sp³-hybridized carbons (Fsp3) is 0.800. The second-order valence-corrected chi connectivity index (χ2v) is 5.86. The third-order valence-electron chi connectivity index (χ3n) is 1.96. The molecule has 0 saturated heterocycles. The Balaban J connectivity index is 1.85. The van der Waals surface area contributed by atoms with Crippen molar-refractivity contribution >= 4 is 11.3 Å². The van der Waals surface area contributed by atoms with Crippen molar-refractivity contribution in [1.29, 1.82) is 0 Å². The molecule has 4 nitrogen and oxygen atoms in total. The summed E-state index contributed by atoms with van der Waals surface area (Å²) in [7, 11) is 0. The van der Waals surface area contributed by atoms with Crippen LogP contribution in [0.15, 0.2) is 0 Å². The highest BCUT2D eigenvalue weighted by Crippen LogP contribution is 2.24. The van der Waals surface area contributed by atoms with Gasteiger partial charge in [0.1, 0.15) is 10.6 Å². The zero-order valence-electron chi connectivity index (χ0n) is 9.41. The molecule has 0 atom stereocenters. The highest BCUT2D eigenvalue weighted by molar-refractivity contribution is 7.13. The fourth-order valence-corrected chi connectivity index (χ4v) is 1.94. The van der Waals surface area contributed by atoms with Gasteiger partial charge in [-0.15, -0.1) is 5.10 Å². The van der Waals surface area contributed by atoms with Gasteiger partial charge in [-0.1, -0.05) is 16.4 Å². The van der Waals surface area contributed by atoms with Gasteiger partial charge in [-0.25, -0.2) is 0 Å². The first-order valence-corrected chi connectivity index (χ1v) is 6.09. The average molecular weight is 227 g/mol. The van der Waals surface area contributed by atoms with Crippen molar-refractivity contribution in [3.05, 3.63) is 5.01 Å². The van der Waals surface area contributed by atoms with E-state index in [1.807, 2.05) is 20.8 Å². The molecule has 1 aliphatic rings. The molecule has 0 aliphatic heterocycles. The van der Waals surface area contributed by atoms with Crippen LogP contribution in [0.25, 0.3) is 0 Å². The number of ether oxygens (including phenoxy) is 1. The Kier molecular flexibility index (Phi) is 2.93. The SMILES string of the molecule is CC(C)(C)Oc1nnc(CNC2CC2)s1. The topological polar surface area (TPSA) is 47.0 Å². The van der Waals surface area contributed by atoms with E-state index in [9.17, 15) is 0 Å². The van der Waals surface area contributed by atoms with Gasteiger partial charge in [-0.05, 0) is 33.6 Å². The van der Waals surface area contributed by atoms with Crippen LogP contribution in [-0.4, -0.2) is 21.8 Å². The van der Waals surface area contributed by atoms with E-state index in [1.54, 1.807) is 0 Å². The monoisotopic (exact) mass is 227 g/mol. The summed E-state index contributed by atoms with van der Waals surface area (Å²) in [6.45, 7) is 6.85.